The van der Waals surface area contributed by atoms with Gasteiger partial charge in [-0.05, 0) is 42.3 Å². The van der Waals surface area contributed by atoms with Crippen molar-refractivity contribution in [2.24, 2.45) is 0 Å². The molecule has 3 rings (SSSR count). The van der Waals surface area contributed by atoms with Crippen molar-refractivity contribution in [3.05, 3.63) is 32.2 Å². The zero-order valence-electron chi connectivity index (χ0n) is 14.0. The van der Waals surface area contributed by atoms with E-state index in [4.69, 9.17) is 0 Å². The van der Waals surface area contributed by atoms with Crippen LogP contribution in [0, 0.1) is 13.8 Å². The molecular formula is C15H19BrN4O3S2. The van der Waals surface area contributed by atoms with E-state index in [0.717, 1.165) is 4.47 Å². The van der Waals surface area contributed by atoms with E-state index in [0.29, 0.717) is 42.3 Å². The molecule has 25 heavy (non-hydrogen) atoms. The summed E-state index contributed by atoms with van der Waals surface area (Å²) in [4.78, 5) is 15.2. The molecule has 1 saturated heterocycles. The first-order valence-electron chi connectivity index (χ1n) is 7.85. The predicted molar refractivity (Wildman–Crippen MR) is 99.4 cm³/mol. The fourth-order valence-corrected chi connectivity index (χ4v) is 6.16. The first-order chi connectivity index (χ1) is 11.8. The molecule has 1 aliphatic rings. The van der Waals surface area contributed by atoms with E-state index in [1.807, 2.05) is 5.38 Å². The molecule has 3 heterocycles. The molecule has 0 bridgehead atoms. The van der Waals surface area contributed by atoms with Crippen LogP contribution in [0.4, 0.5) is 0 Å². The summed E-state index contributed by atoms with van der Waals surface area (Å²) >= 11 is 4.74. The maximum atomic E-state index is 13.0. The lowest BCUT2D eigenvalue weighted by Gasteiger charge is -2.21. The Morgan fingerprint density at radius 3 is 2.64 bits per heavy atom. The van der Waals surface area contributed by atoms with Crippen LogP contribution in [-0.2, 0) is 10.0 Å². The summed E-state index contributed by atoms with van der Waals surface area (Å²) in [5, 5.41) is 8.58. The zero-order chi connectivity index (χ0) is 18.2. The number of H-pyrrole nitrogens is 1. The summed E-state index contributed by atoms with van der Waals surface area (Å²) in [5.41, 5.74) is 1.01. The Hall–Kier alpha value is -1.23. The van der Waals surface area contributed by atoms with Gasteiger partial charge in [0, 0.05) is 36.0 Å². The van der Waals surface area contributed by atoms with Crippen molar-refractivity contribution in [3.63, 3.8) is 0 Å². The highest BCUT2D eigenvalue weighted by Crippen LogP contribution is 2.24. The van der Waals surface area contributed by atoms with Crippen LogP contribution in [0.2, 0.25) is 0 Å². The van der Waals surface area contributed by atoms with Gasteiger partial charge >= 0.3 is 0 Å². The number of thiophene rings is 1. The normalized spacial score (nSPS) is 16.8. The third kappa shape index (κ3) is 3.67. The summed E-state index contributed by atoms with van der Waals surface area (Å²) in [6, 6.07) is 1.80. The topological polar surface area (TPSA) is 86.4 Å². The van der Waals surface area contributed by atoms with Gasteiger partial charge in [-0.25, -0.2) is 8.42 Å². The van der Waals surface area contributed by atoms with Crippen molar-refractivity contribution in [1.29, 1.82) is 0 Å². The molecule has 1 aliphatic heterocycles. The molecule has 0 radical (unpaired) electrons. The molecule has 0 aromatic carbocycles. The van der Waals surface area contributed by atoms with Gasteiger partial charge in [-0.2, -0.15) is 9.40 Å². The van der Waals surface area contributed by atoms with Crippen LogP contribution in [0.1, 0.15) is 27.5 Å². The Balaban J connectivity index is 1.76. The molecular weight excluding hydrogens is 428 g/mol. The van der Waals surface area contributed by atoms with Crippen molar-refractivity contribution < 1.29 is 13.2 Å². The monoisotopic (exact) mass is 446 g/mol. The highest BCUT2D eigenvalue weighted by Gasteiger charge is 2.32. The Morgan fingerprint density at radius 1 is 1.28 bits per heavy atom. The van der Waals surface area contributed by atoms with Crippen LogP contribution >= 0.6 is 27.3 Å². The van der Waals surface area contributed by atoms with Gasteiger partial charge in [0.1, 0.15) is 4.90 Å². The van der Waals surface area contributed by atoms with Gasteiger partial charge in [0.25, 0.3) is 5.91 Å². The summed E-state index contributed by atoms with van der Waals surface area (Å²) in [6.07, 6.45) is 0.605. The van der Waals surface area contributed by atoms with Crippen LogP contribution < -0.4 is 0 Å². The molecule has 1 fully saturated rings. The predicted octanol–water partition coefficient (Wildman–Crippen LogP) is 2.39. The molecule has 0 atom stereocenters. The number of hydrogen-bond acceptors (Lipinski definition) is 5. The minimum Gasteiger partial charge on any atom is -0.337 e. The number of amides is 1. The molecule has 7 nitrogen and oxygen atoms in total. The second-order valence-electron chi connectivity index (χ2n) is 5.94. The smallest absolute Gasteiger partial charge is 0.264 e. The number of hydrogen-bond donors (Lipinski definition) is 1. The average molecular weight is 447 g/mol. The van der Waals surface area contributed by atoms with Gasteiger partial charge in [-0.1, -0.05) is 0 Å². The van der Waals surface area contributed by atoms with E-state index in [-0.39, 0.29) is 17.3 Å². The lowest BCUT2D eigenvalue weighted by atomic mass is 10.3. The first kappa shape index (κ1) is 18.6. The molecule has 0 spiro atoms. The maximum Gasteiger partial charge on any atom is 0.264 e. The standard InChI is InChI=1S/C15H19BrN4O3S2/c1-10-14(11(2)18-17-10)25(22,23)20-5-3-4-19(6-7-20)15(21)13-8-12(16)9-24-13/h8-9H,3-7H2,1-2H3,(H,17,18). The minimum absolute atomic E-state index is 0.0504. The van der Waals surface area contributed by atoms with Crippen molar-refractivity contribution >= 4 is 43.2 Å². The van der Waals surface area contributed by atoms with E-state index in [2.05, 4.69) is 26.1 Å². The largest absolute Gasteiger partial charge is 0.337 e. The van der Waals surface area contributed by atoms with Crippen LogP contribution in [0.5, 0.6) is 0 Å². The molecule has 0 aliphatic carbocycles. The fraction of sp³-hybridized carbons (Fsp3) is 0.467. The van der Waals surface area contributed by atoms with Gasteiger partial charge in [-0.3, -0.25) is 9.89 Å². The SMILES string of the molecule is Cc1n[nH]c(C)c1S(=O)(=O)N1CCCN(C(=O)c2cc(Br)cs2)CC1. The molecule has 2 aromatic heterocycles. The fourth-order valence-electron chi connectivity index (χ4n) is 2.97. The summed E-state index contributed by atoms with van der Waals surface area (Å²) in [5.74, 6) is -0.0504. The van der Waals surface area contributed by atoms with Gasteiger partial charge < -0.3 is 4.90 Å². The van der Waals surface area contributed by atoms with Crippen LogP contribution in [0.3, 0.4) is 0 Å². The number of aromatic nitrogens is 2. The van der Waals surface area contributed by atoms with E-state index in [1.165, 1.54) is 15.6 Å². The van der Waals surface area contributed by atoms with Crippen molar-refractivity contribution in [2.75, 3.05) is 26.2 Å². The quantitative estimate of drug-likeness (QED) is 0.783. The number of sulfonamides is 1. The number of halogens is 1. The lowest BCUT2D eigenvalue weighted by Crippen LogP contribution is -2.37. The Morgan fingerprint density at radius 2 is 2.04 bits per heavy atom. The van der Waals surface area contributed by atoms with Crippen molar-refractivity contribution in [3.8, 4) is 0 Å². The van der Waals surface area contributed by atoms with E-state index in [1.54, 1.807) is 24.8 Å². The number of nitrogens with one attached hydrogen (secondary N) is 1. The van der Waals surface area contributed by atoms with Crippen LogP contribution in [-0.4, -0.2) is 59.9 Å². The minimum atomic E-state index is -3.62. The highest BCUT2D eigenvalue weighted by atomic mass is 79.9. The third-order valence-corrected chi connectivity index (χ3v) is 8.02. The summed E-state index contributed by atoms with van der Waals surface area (Å²) < 4.78 is 28.2. The van der Waals surface area contributed by atoms with Crippen LogP contribution in [0.15, 0.2) is 20.8 Å². The molecule has 1 N–H and O–H groups in total. The second kappa shape index (κ2) is 7.18. The molecule has 2 aromatic rings. The molecule has 0 saturated carbocycles. The molecule has 136 valence electrons. The number of aryl methyl sites for hydroxylation is 2. The Bertz CT molecular complexity index is 871. The molecule has 1 amide bonds. The number of aromatic amines is 1. The van der Waals surface area contributed by atoms with Gasteiger partial charge in [0.05, 0.1) is 16.3 Å². The van der Waals surface area contributed by atoms with Gasteiger partial charge in [0.15, 0.2) is 0 Å². The lowest BCUT2D eigenvalue weighted by molar-refractivity contribution is 0.0769. The van der Waals surface area contributed by atoms with E-state index in [9.17, 15) is 13.2 Å². The zero-order valence-corrected chi connectivity index (χ0v) is 17.2. The summed E-state index contributed by atoms with van der Waals surface area (Å²) in [7, 11) is -3.62. The maximum absolute atomic E-state index is 13.0. The van der Waals surface area contributed by atoms with E-state index < -0.39 is 10.0 Å². The Kier molecular flexibility index (Phi) is 5.33. The average Bonchev–Trinajstić information content (AvgIpc) is 3.03. The molecule has 0 unspecified atom stereocenters. The van der Waals surface area contributed by atoms with Crippen LogP contribution in [0.25, 0.3) is 0 Å². The number of nitrogens with zero attached hydrogens (tertiary/aromatic N) is 3. The number of carbonyl (C=O) groups excluding carboxylic acids is 1. The Labute approximate surface area is 159 Å². The highest BCUT2D eigenvalue weighted by molar-refractivity contribution is 9.10. The van der Waals surface area contributed by atoms with Crippen molar-refractivity contribution in [1.82, 2.24) is 19.4 Å². The first-order valence-corrected chi connectivity index (χ1v) is 11.0. The summed E-state index contributed by atoms with van der Waals surface area (Å²) in [6.45, 7) is 4.98. The number of rotatable bonds is 3. The van der Waals surface area contributed by atoms with Gasteiger partial charge in [0.2, 0.25) is 10.0 Å². The number of carbonyl (C=O) groups is 1. The second-order valence-corrected chi connectivity index (χ2v) is 9.64. The van der Waals surface area contributed by atoms with Crippen molar-refractivity contribution in [2.45, 2.75) is 25.2 Å². The molecule has 10 heteroatoms. The van der Waals surface area contributed by atoms with Gasteiger partial charge in [-0.15, -0.1) is 11.3 Å². The third-order valence-electron chi connectivity index (χ3n) is 4.18. The van der Waals surface area contributed by atoms with E-state index >= 15 is 0 Å².